The van der Waals surface area contributed by atoms with Crippen LogP contribution >= 0.6 is 0 Å². The average Bonchev–Trinajstić information content (AvgIpc) is 3.07. The second-order valence-electron chi connectivity index (χ2n) is 13.2. The minimum absolute atomic E-state index is 0.0354. The molecule has 0 spiro atoms. The first kappa shape index (κ1) is 32.4. The Morgan fingerprint density at radius 1 is 0.682 bits per heavy atom. The highest BCUT2D eigenvalue weighted by atomic mass is 17.2. The van der Waals surface area contributed by atoms with Crippen molar-refractivity contribution < 1.29 is 19.3 Å². The molecule has 5 rings (SSSR count). The Bertz CT molecular complexity index is 1240. The van der Waals surface area contributed by atoms with Gasteiger partial charge in [-0.1, -0.05) is 119 Å². The van der Waals surface area contributed by atoms with E-state index in [4.69, 9.17) is 14.5 Å². The molecule has 0 unspecified atom stereocenters. The van der Waals surface area contributed by atoms with Crippen molar-refractivity contribution >= 4 is 5.97 Å². The minimum Gasteiger partial charge on any atom is -0.443 e. The second-order valence-corrected chi connectivity index (χ2v) is 13.2. The van der Waals surface area contributed by atoms with Crippen LogP contribution in [0.4, 0.5) is 0 Å². The molecule has 1 radical (unpaired) electrons. The van der Waals surface area contributed by atoms with Crippen LogP contribution in [0.15, 0.2) is 78.9 Å². The number of esters is 1. The normalized spacial score (nSPS) is 22.2. The fraction of sp³-hybridized carbons (Fsp3) is 0.500. The van der Waals surface area contributed by atoms with Crippen LogP contribution in [-0.4, -0.2) is 12.6 Å². The third-order valence-electron chi connectivity index (χ3n) is 9.96. The van der Waals surface area contributed by atoms with Gasteiger partial charge < -0.3 is 4.74 Å². The number of ether oxygens (including phenoxy) is 1. The highest BCUT2D eigenvalue weighted by molar-refractivity contribution is 5.90. The topological polar surface area (TPSA) is 44.8 Å². The quantitative estimate of drug-likeness (QED) is 0.0805. The van der Waals surface area contributed by atoms with Crippen LogP contribution in [0.5, 0.6) is 0 Å². The van der Waals surface area contributed by atoms with Gasteiger partial charge in [-0.05, 0) is 91.0 Å². The molecule has 4 heteroatoms. The van der Waals surface area contributed by atoms with Gasteiger partial charge in [0.15, 0.2) is 0 Å². The number of unbranched alkanes of at least 4 members (excludes halogenated alkanes) is 2. The Hall–Kier alpha value is -2.95. The van der Waals surface area contributed by atoms with Crippen LogP contribution in [0.3, 0.4) is 0 Å². The van der Waals surface area contributed by atoms with E-state index in [9.17, 15) is 4.79 Å². The maximum atomic E-state index is 13.1. The van der Waals surface area contributed by atoms with Crippen molar-refractivity contribution in [2.75, 3.05) is 6.61 Å². The summed E-state index contributed by atoms with van der Waals surface area (Å²) in [6, 6.07) is 26.4. The van der Waals surface area contributed by atoms with Gasteiger partial charge in [-0.15, -0.1) is 0 Å². The van der Waals surface area contributed by atoms with Crippen molar-refractivity contribution in [3.63, 3.8) is 0 Å². The molecule has 0 amide bonds. The Balaban J connectivity index is 1.08. The van der Waals surface area contributed by atoms with Crippen molar-refractivity contribution in [3.05, 3.63) is 113 Å². The molecule has 2 aliphatic carbocycles. The fourth-order valence-electron chi connectivity index (χ4n) is 7.01. The van der Waals surface area contributed by atoms with Crippen molar-refractivity contribution in [1.29, 1.82) is 0 Å². The van der Waals surface area contributed by atoms with E-state index in [-0.39, 0.29) is 12.6 Å². The number of hydrogen-bond donors (Lipinski definition) is 0. The van der Waals surface area contributed by atoms with Crippen LogP contribution < -0.4 is 0 Å². The number of carbonyl (C=O) groups excluding carboxylic acids is 1. The standard InChI is InChI=1S/C40H51O4/c1-3-4-6-9-31-14-20-34(21-15-31)35-22-16-32(17-23-35)28-42-43-29-39(37-10-7-5-8-11-37)44-40(41)38-26-24-36(25-27-38)33-18-12-30(2)13-19-33/h5,7-8,10-11,16-17,22-27,30-31,33-34H,3-4,6,9,12-15,18-21,28-29H2,1-2H3. The van der Waals surface area contributed by atoms with Gasteiger partial charge in [0.05, 0.1) is 5.56 Å². The van der Waals surface area contributed by atoms with Gasteiger partial charge in [-0.25, -0.2) is 14.6 Å². The van der Waals surface area contributed by atoms with Crippen molar-refractivity contribution in [2.24, 2.45) is 11.8 Å². The van der Waals surface area contributed by atoms with Gasteiger partial charge in [-0.2, -0.15) is 0 Å². The van der Waals surface area contributed by atoms with E-state index < -0.39 is 0 Å². The number of hydrogen-bond acceptors (Lipinski definition) is 4. The Kier molecular flexibility index (Phi) is 12.5. The molecule has 2 aliphatic rings. The molecular formula is C40H51O4. The monoisotopic (exact) mass is 595 g/mol. The zero-order valence-corrected chi connectivity index (χ0v) is 26.8. The lowest BCUT2D eigenvalue weighted by molar-refractivity contribution is -0.304. The van der Waals surface area contributed by atoms with Gasteiger partial charge in [0.1, 0.15) is 13.2 Å². The lowest BCUT2D eigenvalue weighted by atomic mass is 9.77. The fourth-order valence-corrected chi connectivity index (χ4v) is 7.01. The molecular weight excluding hydrogens is 544 g/mol. The van der Waals surface area contributed by atoms with E-state index in [2.05, 4.69) is 50.2 Å². The molecule has 44 heavy (non-hydrogen) atoms. The van der Waals surface area contributed by atoms with E-state index in [1.807, 2.05) is 42.5 Å². The van der Waals surface area contributed by atoms with E-state index >= 15 is 0 Å². The molecule has 2 fully saturated rings. The molecule has 0 bridgehead atoms. The predicted molar refractivity (Wildman–Crippen MR) is 177 cm³/mol. The van der Waals surface area contributed by atoms with Gasteiger partial charge in [0.25, 0.3) is 0 Å². The summed E-state index contributed by atoms with van der Waals surface area (Å²) in [6.45, 7) is 4.99. The molecule has 0 aliphatic heterocycles. The average molecular weight is 596 g/mol. The first-order chi connectivity index (χ1) is 21.6. The highest BCUT2D eigenvalue weighted by Crippen LogP contribution is 2.38. The van der Waals surface area contributed by atoms with Gasteiger partial charge in [0, 0.05) is 5.56 Å². The molecule has 2 saturated carbocycles. The summed E-state index contributed by atoms with van der Waals surface area (Å²) >= 11 is 0. The van der Waals surface area contributed by atoms with E-state index in [0.717, 1.165) is 23.0 Å². The summed E-state index contributed by atoms with van der Waals surface area (Å²) < 4.78 is 5.86. The Morgan fingerprint density at radius 3 is 1.93 bits per heavy atom. The summed E-state index contributed by atoms with van der Waals surface area (Å²) in [5.41, 5.74) is 5.15. The molecule has 0 aromatic heterocycles. The zero-order chi connectivity index (χ0) is 30.6. The van der Waals surface area contributed by atoms with Gasteiger partial charge in [0.2, 0.25) is 6.10 Å². The van der Waals surface area contributed by atoms with Crippen LogP contribution in [-0.2, 0) is 21.1 Å². The number of rotatable bonds is 14. The second kappa shape index (κ2) is 16.9. The van der Waals surface area contributed by atoms with E-state index in [1.54, 1.807) is 0 Å². The Morgan fingerprint density at radius 2 is 1.30 bits per heavy atom. The van der Waals surface area contributed by atoms with Gasteiger partial charge >= 0.3 is 5.97 Å². The summed E-state index contributed by atoms with van der Waals surface area (Å²) in [5, 5.41) is 0. The van der Waals surface area contributed by atoms with Crippen LogP contribution in [0.2, 0.25) is 0 Å². The Labute approximate surface area is 265 Å². The lowest BCUT2D eigenvalue weighted by Gasteiger charge is -2.29. The highest BCUT2D eigenvalue weighted by Gasteiger charge is 2.24. The molecule has 0 N–H and O–H groups in total. The van der Waals surface area contributed by atoms with Crippen LogP contribution in [0, 0.1) is 17.9 Å². The van der Waals surface area contributed by atoms with E-state index in [0.29, 0.717) is 30.1 Å². The SMILES string of the molecule is CCCCCC1CCC(c2ccc(COOC[C](OC(=O)c3ccc(C4CCC(C)CC4)cc3)c3ccccc3)cc2)CC1. The molecule has 4 nitrogen and oxygen atoms in total. The summed E-state index contributed by atoms with van der Waals surface area (Å²) in [7, 11) is 0. The molecule has 0 heterocycles. The van der Waals surface area contributed by atoms with Crippen molar-refractivity contribution in [2.45, 2.75) is 109 Å². The molecule has 3 aromatic rings. The molecule has 0 saturated heterocycles. The van der Waals surface area contributed by atoms with Gasteiger partial charge in [-0.3, -0.25) is 0 Å². The predicted octanol–water partition coefficient (Wildman–Crippen LogP) is 10.7. The van der Waals surface area contributed by atoms with E-state index in [1.165, 1.54) is 88.2 Å². The summed E-state index contributed by atoms with van der Waals surface area (Å²) in [6.07, 6.45) is 16.2. The maximum absolute atomic E-state index is 13.1. The zero-order valence-electron chi connectivity index (χ0n) is 26.8. The van der Waals surface area contributed by atoms with Crippen molar-refractivity contribution in [1.82, 2.24) is 0 Å². The molecule has 3 aromatic carbocycles. The molecule has 0 atom stereocenters. The first-order valence-corrected chi connectivity index (χ1v) is 17.2. The molecule has 235 valence electrons. The first-order valence-electron chi connectivity index (χ1n) is 17.2. The summed E-state index contributed by atoms with van der Waals surface area (Å²) in [4.78, 5) is 24.3. The third-order valence-corrected chi connectivity index (χ3v) is 9.96. The number of benzene rings is 3. The minimum atomic E-state index is -0.387. The lowest BCUT2D eigenvalue weighted by Crippen LogP contribution is -2.18. The number of carbonyl (C=O) groups is 1. The largest absolute Gasteiger partial charge is 0.443 e. The van der Waals surface area contributed by atoms with Crippen LogP contribution in [0.25, 0.3) is 0 Å². The third kappa shape index (κ3) is 9.52. The summed E-state index contributed by atoms with van der Waals surface area (Å²) in [5.74, 6) is 2.62. The maximum Gasteiger partial charge on any atom is 0.339 e. The van der Waals surface area contributed by atoms with Crippen LogP contribution in [0.1, 0.15) is 135 Å². The smallest absolute Gasteiger partial charge is 0.339 e. The van der Waals surface area contributed by atoms with Crippen molar-refractivity contribution in [3.8, 4) is 0 Å².